The van der Waals surface area contributed by atoms with Gasteiger partial charge in [0.25, 0.3) is 0 Å². The number of rotatable bonds is 3. The largest absolute Gasteiger partial charge is 0.369 e. The van der Waals surface area contributed by atoms with Crippen LogP contribution in [0.3, 0.4) is 0 Å². The van der Waals surface area contributed by atoms with Crippen LogP contribution in [-0.2, 0) is 4.79 Å². The van der Waals surface area contributed by atoms with E-state index in [1.807, 2.05) is 0 Å². The van der Waals surface area contributed by atoms with Crippen LogP contribution in [0.1, 0.15) is 12.8 Å². The molecule has 6 nitrogen and oxygen atoms in total. The van der Waals surface area contributed by atoms with Crippen molar-refractivity contribution in [3.05, 3.63) is 10.7 Å². The maximum absolute atomic E-state index is 11.3. The third-order valence-electron chi connectivity index (χ3n) is 3.07. The molecule has 3 N–H and O–H groups in total. The van der Waals surface area contributed by atoms with Crippen molar-refractivity contribution in [2.75, 3.05) is 30.4 Å². The molecule has 1 unspecified atom stereocenters. The zero-order valence-corrected chi connectivity index (χ0v) is 11.8. The fourth-order valence-corrected chi connectivity index (χ4v) is 2.54. The van der Waals surface area contributed by atoms with Crippen molar-refractivity contribution in [1.82, 2.24) is 9.97 Å². The fraction of sp³-hybridized carbons (Fsp3) is 0.545. The number of hydrogen-bond donors (Lipinski definition) is 2. The number of nitrogens with two attached hydrogens (primary N) is 1. The number of amides is 1. The lowest BCUT2D eigenvalue weighted by Gasteiger charge is -2.32. The number of primary amides is 1. The molecule has 0 aromatic carbocycles. The van der Waals surface area contributed by atoms with Gasteiger partial charge >= 0.3 is 0 Å². The lowest BCUT2D eigenvalue weighted by molar-refractivity contribution is -0.122. The minimum atomic E-state index is -0.237. The summed E-state index contributed by atoms with van der Waals surface area (Å²) in [5.41, 5.74) is 5.38. The number of aromatic nitrogens is 2. The zero-order chi connectivity index (χ0) is 13.1. The first-order valence-corrected chi connectivity index (χ1v) is 6.65. The molecule has 0 aliphatic carbocycles. The fourth-order valence-electron chi connectivity index (χ4n) is 2.10. The van der Waals surface area contributed by atoms with Gasteiger partial charge in [0.1, 0.15) is 5.82 Å². The van der Waals surface area contributed by atoms with E-state index in [2.05, 4.69) is 36.1 Å². The molecule has 0 saturated carbocycles. The van der Waals surface area contributed by atoms with Crippen molar-refractivity contribution in [3.8, 4) is 0 Å². The first-order chi connectivity index (χ1) is 8.61. The molecule has 1 fully saturated rings. The summed E-state index contributed by atoms with van der Waals surface area (Å²) < 4.78 is 0.826. The third kappa shape index (κ3) is 2.72. The minimum absolute atomic E-state index is 0.0985. The van der Waals surface area contributed by atoms with E-state index in [-0.39, 0.29) is 11.8 Å². The van der Waals surface area contributed by atoms with Crippen LogP contribution in [0.5, 0.6) is 0 Å². The Balaban J connectivity index is 2.22. The second-order valence-electron chi connectivity index (χ2n) is 4.30. The zero-order valence-electron chi connectivity index (χ0n) is 10.2. The first-order valence-electron chi connectivity index (χ1n) is 5.86. The molecular weight excluding hydrogens is 298 g/mol. The molecule has 0 radical (unpaired) electrons. The Hall–Kier alpha value is -1.37. The Kier molecular flexibility index (Phi) is 4.00. The number of carbonyl (C=O) groups is 1. The van der Waals surface area contributed by atoms with Gasteiger partial charge in [-0.15, -0.1) is 0 Å². The summed E-state index contributed by atoms with van der Waals surface area (Å²) >= 11 is 3.44. The van der Waals surface area contributed by atoms with Crippen molar-refractivity contribution in [3.63, 3.8) is 0 Å². The average Bonchev–Trinajstić information content (AvgIpc) is 2.39. The second-order valence-corrected chi connectivity index (χ2v) is 5.16. The Morgan fingerprint density at radius 3 is 3.11 bits per heavy atom. The molecular formula is C11H16BrN5O. The molecule has 0 spiro atoms. The van der Waals surface area contributed by atoms with Gasteiger partial charge in [-0.05, 0) is 28.8 Å². The Bertz CT molecular complexity index is 453. The van der Waals surface area contributed by atoms with Crippen molar-refractivity contribution in [2.24, 2.45) is 11.7 Å². The van der Waals surface area contributed by atoms with Gasteiger partial charge in [-0.3, -0.25) is 4.79 Å². The number of piperidine rings is 1. The highest BCUT2D eigenvalue weighted by Crippen LogP contribution is 2.28. The first kappa shape index (κ1) is 13.1. The molecule has 1 aromatic heterocycles. The summed E-state index contributed by atoms with van der Waals surface area (Å²) in [5, 5.41) is 2.91. The van der Waals surface area contributed by atoms with Gasteiger partial charge in [0.2, 0.25) is 11.9 Å². The molecule has 1 aliphatic rings. The lowest BCUT2D eigenvalue weighted by Crippen LogP contribution is -2.41. The Morgan fingerprint density at radius 1 is 1.67 bits per heavy atom. The quantitative estimate of drug-likeness (QED) is 0.869. The maximum atomic E-state index is 11.3. The van der Waals surface area contributed by atoms with Gasteiger partial charge in [0, 0.05) is 26.3 Å². The van der Waals surface area contributed by atoms with Crippen LogP contribution in [0.15, 0.2) is 10.7 Å². The van der Waals surface area contributed by atoms with E-state index in [1.54, 1.807) is 13.2 Å². The van der Waals surface area contributed by atoms with Crippen LogP contribution < -0.4 is 16.0 Å². The van der Waals surface area contributed by atoms with Crippen molar-refractivity contribution < 1.29 is 4.79 Å². The summed E-state index contributed by atoms with van der Waals surface area (Å²) in [6, 6.07) is 0. The minimum Gasteiger partial charge on any atom is -0.369 e. The summed E-state index contributed by atoms with van der Waals surface area (Å²) in [7, 11) is 1.77. The standard InChI is InChI=1S/C11H16BrN5O/c1-14-11-15-5-8(12)10(16-11)17-4-2-3-7(6-17)9(13)18/h5,7H,2-4,6H2,1H3,(H2,13,18)(H,14,15,16). The molecule has 1 saturated heterocycles. The molecule has 1 aromatic rings. The predicted octanol–water partition coefficient (Wildman–Crippen LogP) is 0.982. The molecule has 1 aliphatic heterocycles. The highest BCUT2D eigenvalue weighted by atomic mass is 79.9. The summed E-state index contributed by atoms with van der Waals surface area (Å²) in [4.78, 5) is 21.9. The highest BCUT2D eigenvalue weighted by molar-refractivity contribution is 9.10. The smallest absolute Gasteiger partial charge is 0.224 e. The number of nitrogens with zero attached hydrogens (tertiary/aromatic N) is 3. The highest BCUT2D eigenvalue weighted by Gasteiger charge is 2.26. The molecule has 2 heterocycles. The van der Waals surface area contributed by atoms with Crippen LogP contribution in [0.4, 0.5) is 11.8 Å². The van der Waals surface area contributed by atoms with Crippen LogP contribution in [0, 0.1) is 5.92 Å². The van der Waals surface area contributed by atoms with Gasteiger partial charge in [-0.2, -0.15) is 4.98 Å². The van der Waals surface area contributed by atoms with Crippen molar-refractivity contribution >= 4 is 33.6 Å². The topological polar surface area (TPSA) is 84.1 Å². The van der Waals surface area contributed by atoms with Gasteiger partial charge in [0.15, 0.2) is 0 Å². The molecule has 0 bridgehead atoms. The monoisotopic (exact) mass is 313 g/mol. The van der Waals surface area contributed by atoms with E-state index in [9.17, 15) is 4.79 Å². The maximum Gasteiger partial charge on any atom is 0.224 e. The van der Waals surface area contributed by atoms with Crippen LogP contribution in [-0.4, -0.2) is 36.0 Å². The molecule has 18 heavy (non-hydrogen) atoms. The van der Waals surface area contributed by atoms with E-state index in [0.717, 1.165) is 29.7 Å². The van der Waals surface area contributed by atoms with Crippen LogP contribution in [0.2, 0.25) is 0 Å². The van der Waals surface area contributed by atoms with Crippen LogP contribution in [0.25, 0.3) is 0 Å². The van der Waals surface area contributed by atoms with E-state index in [1.165, 1.54) is 0 Å². The molecule has 7 heteroatoms. The summed E-state index contributed by atoms with van der Waals surface area (Å²) in [6.07, 6.45) is 3.51. The van der Waals surface area contributed by atoms with E-state index in [4.69, 9.17) is 5.73 Å². The summed E-state index contributed by atoms with van der Waals surface area (Å²) in [5.74, 6) is 1.03. The Labute approximate surface area is 114 Å². The lowest BCUT2D eigenvalue weighted by atomic mass is 9.97. The number of anilines is 2. The van der Waals surface area contributed by atoms with Crippen molar-refractivity contribution in [2.45, 2.75) is 12.8 Å². The molecule has 1 atom stereocenters. The third-order valence-corrected chi connectivity index (χ3v) is 3.63. The van der Waals surface area contributed by atoms with E-state index >= 15 is 0 Å². The van der Waals surface area contributed by atoms with Crippen LogP contribution >= 0.6 is 15.9 Å². The van der Waals surface area contributed by atoms with Gasteiger partial charge in [-0.25, -0.2) is 4.98 Å². The SMILES string of the molecule is CNc1ncc(Br)c(N2CCCC(C(N)=O)C2)n1. The summed E-state index contributed by atoms with van der Waals surface area (Å²) in [6.45, 7) is 1.50. The van der Waals surface area contributed by atoms with E-state index in [0.29, 0.717) is 12.5 Å². The predicted molar refractivity (Wildman–Crippen MR) is 73.4 cm³/mol. The number of carbonyl (C=O) groups excluding carboxylic acids is 1. The second kappa shape index (κ2) is 5.51. The van der Waals surface area contributed by atoms with Gasteiger partial charge < -0.3 is 16.0 Å². The Morgan fingerprint density at radius 2 is 2.44 bits per heavy atom. The molecule has 2 rings (SSSR count). The number of hydrogen-bond acceptors (Lipinski definition) is 5. The normalized spacial score (nSPS) is 19.7. The molecule has 98 valence electrons. The van der Waals surface area contributed by atoms with Gasteiger partial charge in [0.05, 0.1) is 10.4 Å². The molecule has 1 amide bonds. The van der Waals surface area contributed by atoms with E-state index < -0.39 is 0 Å². The number of nitrogens with one attached hydrogen (secondary N) is 1. The van der Waals surface area contributed by atoms with Crippen molar-refractivity contribution in [1.29, 1.82) is 0 Å². The van der Waals surface area contributed by atoms with Gasteiger partial charge in [-0.1, -0.05) is 0 Å². The number of halogens is 1. The average molecular weight is 314 g/mol.